The summed E-state index contributed by atoms with van der Waals surface area (Å²) in [5.74, 6) is 0.173. The van der Waals surface area contributed by atoms with E-state index in [4.69, 9.17) is 0 Å². The van der Waals surface area contributed by atoms with Crippen LogP contribution in [0.25, 0.3) is 0 Å². The summed E-state index contributed by atoms with van der Waals surface area (Å²) in [5, 5.41) is 0. The molecule has 0 bridgehead atoms. The summed E-state index contributed by atoms with van der Waals surface area (Å²) in [6.07, 6.45) is 0. The molecule has 19 heavy (non-hydrogen) atoms. The van der Waals surface area contributed by atoms with Gasteiger partial charge in [0.15, 0.2) is 0 Å². The molecule has 3 rings (SSSR count). The van der Waals surface area contributed by atoms with Crippen LogP contribution < -0.4 is 0 Å². The highest BCUT2D eigenvalue weighted by Crippen LogP contribution is 2.33. The van der Waals surface area contributed by atoms with Gasteiger partial charge in [0.2, 0.25) is 0 Å². The lowest BCUT2D eigenvalue weighted by Crippen LogP contribution is -2.31. The Morgan fingerprint density at radius 2 is 1.84 bits per heavy atom. The summed E-state index contributed by atoms with van der Waals surface area (Å²) in [7, 11) is 2.14. The van der Waals surface area contributed by atoms with Crippen molar-refractivity contribution in [3.05, 3.63) is 70.5 Å². The van der Waals surface area contributed by atoms with E-state index in [9.17, 15) is 4.39 Å². The zero-order valence-corrected chi connectivity index (χ0v) is 11.4. The second-order valence-corrected chi connectivity index (χ2v) is 5.50. The van der Waals surface area contributed by atoms with Crippen LogP contribution in [0.5, 0.6) is 0 Å². The first-order valence-electron chi connectivity index (χ1n) is 6.67. The van der Waals surface area contributed by atoms with Gasteiger partial charge in [-0.3, -0.25) is 0 Å². The molecule has 1 aliphatic heterocycles. The van der Waals surface area contributed by atoms with E-state index in [1.165, 1.54) is 22.3 Å². The van der Waals surface area contributed by atoms with E-state index in [0.29, 0.717) is 5.92 Å². The lowest BCUT2D eigenvalue weighted by molar-refractivity contribution is 0.295. The van der Waals surface area contributed by atoms with E-state index in [2.05, 4.69) is 37.1 Å². The highest BCUT2D eigenvalue weighted by atomic mass is 19.1. The Labute approximate surface area is 113 Å². The van der Waals surface area contributed by atoms with Crippen molar-refractivity contribution < 1.29 is 4.39 Å². The smallest absolute Gasteiger partial charge is 0.123 e. The highest BCUT2D eigenvalue weighted by Gasteiger charge is 2.24. The molecule has 0 fully saturated rings. The maximum Gasteiger partial charge on any atom is 0.123 e. The molecule has 0 radical (unpaired) electrons. The summed E-state index contributed by atoms with van der Waals surface area (Å²) >= 11 is 0. The van der Waals surface area contributed by atoms with Crippen molar-refractivity contribution in [2.24, 2.45) is 0 Å². The second kappa shape index (κ2) is 4.78. The van der Waals surface area contributed by atoms with Crippen LogP contribution in [0.3, 0.4) is 0 Å². The van der Waals surface area contributed by atoms with Crippen molar-refractivity contribution in [3.8, 4) is 0 Å². The zero-order valence-electron chi connectivity index (χ0n) is 11.4. The summed E-state index contributed by atoms with van der Waals surface area (Å²) in [6, 6.07) is 13.6. The normalized spacial score (nSPS) is 19.2. The SMILES string of the molecule is Cc1ccc2c(c1)CN(C)C[C@@H]2c1ccc(F)cc1. The van der Waals surface area contributed by atoms with Gasteiger partial charge in [0.05, 0.1) is 0 Å². The molecule has 0 aliphatic carbocycles. The number of benzene rings is 2. The molecule has 1 atom stereocenters. The number of hydrogen-bond donors (Lipinski definition) is 0. The molecule has 2 aromatic carbocycles. The number of rotatable bonds is 1. The Hall–Kier alpha value is -1.67. The molecule has 1 nitrogen and oxygen atoms in total. The Morgan fingerprint density at radius 1 is 1.11 bits per heavy atom. The summed E-state index contributed by atoms with van der Waals surface area (Å²) in [5.41, 5.74) is 5.27. The van der Waals surface area contributed by atoms with Crippen molar-refractivity contribution >= 4 is 0 Å². The quantitative estimate of drug-likeness (QED) is 0.751. The van der Waals surface area contributed by atoms with Crippen molar-refractivity contribution in [1.29, 1.82) is 0 Å². The van der Waals surface area contributed by atoms with Crippen LogP contribution in [0.2, 0.25) is 0 Å². The molecule has 2 heteroatoms. The van der Waals surface area contributed by atoms with Gasteiger partial charge in [0.25, 0.3) is 0 Å². The van der Waals surface area contributed by atoms with E-state index in [0.717, 1.165) is 13.1 Å². The third-order valence-electron chi connectivity index (χ3n) is 3.88. The molecule has 0 N–H and O–H groups in total. The Balaban J connectivity index is 2.05. The minimum atomic E-state index is -0.169. The molecule has 0 saturated heterocycles. The van der Waals surface area contributed by atoms with E-state index < -0.39 is 0 Å². The van der Waals surface area contributed by atoms with Gasteiger partial charge < -0.3 is 4.90 Å². The van der Waals surface area contributed by atoms with Gasteiger partial charge in [0, 0.05) is 19.0 Å². The molecule has 2 aromatic rings. The average molecular weight is 255 g/mol. The minimum Gasteiger partial charge on any atom is -0.301 e. The zero-order chi connectivity index (χ0) is 13.4. The lowest BCUT2D eigenvalue weighted by atomic mass is 9.84. The molecule has 0 unspecified atom stereocenters. The first-order valence-corrected chi connectivity index (χ1v) is 6.67. The van der Waals surface area contributed by atoms with Gasteiger partial charge in [-0.15, -0.1) is 0 Å². The molecule has 0 aromatic heterocycles. The molecule has 0 spiro atoms. The van der Waals surface area contributed by atoms with Crippen LogP contribution in [-0.4, -0.2) is 18.5 Å². The Kier molecular flexibility index (Phi) is 3.11. The van der Waals surface area contributed by atoms with Gasteiger partial charge >= 0.3 is 0 Å². The molecular weight excluding hydrogens is 237 g/mol. The summed E-state index contributed by atoms with van der Waals surface area (Å²) in [4.78, 5) is 2.33. The minimum absolute atomic E-state index is 0.169. The fourth-order valence-electron chi connectivity index (χ4n) is 2.96. The maximum atomic E-state index is 13.1. The molecular formula is C17H18FN. The molecule has 0 amide bonds. The first-order chi connectivity index (χ1) is 9.13. The molecule has 0 saturated carbocycles. The van der Waals surface area contributed by atoms with Crippen LogP contribution in [0.4, 0.5) is 4.39 Å². The predicted octanol–water partition coefficient (Wildman–Crippen LogP) is 3.71. The monoisotopic (exact) mass is 255 g/mol. The standard InChI is InChI=1S/C17H18FN/c1-12-3-8-16-14(9-12)10-19(2)11-17(16)13-4-6-15(18)7-5-13/h3-9,17H,10-11H2,1-2H3/t17-/m1/s1. The number of nitrogens with zero attached hydrogens (tertiary/aromatic N) is 1. The first kappa shape index (κ1) is 12.4. The third-order valence-corrected chi connectivity index (χ3v) is 3.88. The Morgan fingerprint density at radius 3 is 2.58 bits per heavy atom. The predicted molar refractivity (Wildman–Crippen MR) is 75.8 cm³/mol. The van der Waals surface area contributed by atoms with Crippen LogP contribution >= 0.6 is 0 Å². The second-order valence-electron chi connectivity index (χ2n) is 5.50. The number of likely N-dealkylation sites (N-methyl/N-ethyl adjacent to an activating group) is 1. The van der Waals surface area contributed by atoms with Crippen LogP contribution in [-0.2, 0) is 6.54 Å². The van der Waals surface area contributed by atoms with Gasteiger partial charge in [0.1, 0.15) is 5.82 Å². The number of aryl methyl sites for hydroxylation is 1. The van der Waals surface area contributed by atoms with E-state index in [-0.39, 0.29) is 5.82 Å². The molecule has 98 valence electrons. The molecule has 1 aliphatic rings. The van der Waals surface area contributed by atoms with Gasteiger partial charge in [-0.2, -0.15) is 0 Å². The summed E-state index contributed by atoms with van der Waals surface area (Å²) < 4.78 is 13.1. The van der Waals surface area contributed by atoms with E-state index in [1.807, 2.05) is 12.1 Å². The fourth-order valence-corrected chi connectivity index (χ4v) is 2.96. The number of fused-ring (bicyclic) bond motifs is 1. The van der Waals surface area contributed by atoms with Crippen LogP contribution in [0, 0.1) is 12.7 Å². The van der Waals surface area contributed by atoms with Crippen molar-refractivity contribution in [1.82, 2.24) is 4.90 Å². The van der Waals surface area contributed by atoms with Crippen LogP contribution in [0.15, 0.2) is 42.5 Å². The lowest BCUT2D eigenvalue weighted by Gasteiger charge is -2.33. The van der Waals surface area contributed by atoms with Crippen molar-refractivity contribution in [2.75, 3.05) is 13.6 Å². The summed E-state index contributed by atoms with van der Waals surface area (Å²) in [6.45, 7) is 4.11. The molecule has 1 heterocycles. The van der Waals surface area contributed by atoms with Gasteiger partial charge in [-0.1, -0.05) is 35.9 Å². The highest BCUT2D eigenvalue weighted by molar-refractivity contribution is 5.42. The third kappa shape index (κ3) is 2.41. The topological polar surface area (TPSA) is 3.24 Å². The van der Waals surface area contributed by atoms with Crippen molar-refractivity contribution in [2.45, 2.75) is 19.4 Å². The fraction of sp³-hybridized carbons (Fsp3) is 0.294. The van der Waals surface area contributed by atoms with E-state index >= 15 is 0 Å². The maximum absolute atomic E-state index is 13.1. The average Bonchev–Trinajstić information content (AvgIpc) is 2.38. The van der Waals surface area contributed by atoms with Gasteiger partial charge in [-0.05, 0) is 42.8 Å². The van der Waals surface area contributed by atoms with Crippen LogP contribution in [0.1, 0.15) is 28.2 Å². The van der Waals surface area contributed by atoms with E-state index in [1.54, 1.807) is 12.1 Å². The van der Waals surface area contributed by atoms with Crippen molar-refractivity contribution in [3.63, 3.8) is 0 Å². The largest absolute Gasteiger partial charge is 0.301 e. The Bertz CT molecular complexity index is 589. The number of hydrogen-bond acceptors (Lipinski definition) is 1. The van der Waals surface area contributed by atoms with Gasteiger partial charge in [-0.25, -0.2) is 4.39 Å². The number of halogens is 1.